The van der Waals surface area contributed by atoms with Crippen molar-refractivity contribution in [1.82, 2.24) is 0 Å². The molecule has 0 amide bonds. The second-order valence-corrected chi connectivity index (χ2v) is 2.87. The second kappa shape index (κ2) is 6.17. The van der Waals surface area contributed by atoms with E-state index in [0.717, 1.165) is 12.8 Å². The number of unbranched alkanes of at least 4 members (excludes halogenated alkanes) is 1. The lowest BCUT2D eigenvalue weighted by molar-refractivity contribution is 0.773. The lowest BCUT2D eigenvalue weighted by Crippen LogP contribution is -2.20. The number of allylic oxidation sites excluding steroid dienone is 1. The van der Waals surface area contributed by atoms with Crippen LogP contribution in [0.5, 0.6) is 0 Å². The van der Waals surface area contributed by atoms with Crippen LogP contribution in [0.15, 0.2) is 24.3 Å². The van der Waals surface area contributed by atoms with Crippen molar-refractivity contribution in [2.75, 3.05) is 0 Å². The number of nitrogens with two attached hydrogens (primary N) is 1. The topological polar surface area (TPSA) is 26.0 Å². The fourth-order valence-electron chi connectivity index (χ4n) is 0.889. The first kappa shape index (κ1) is 10.4. The summed E-state index contributed by atoms with van der Waals surface area (Å²) >= 11 is 0. The van der Waals surface area contributed by atoms with Gasteiger partial charge in [0.25, 0.3) is 0 Å². The monoisotopic (exact) mass is 153 g/mol. The molecular formula is C10H19N. The van der Waals surface area contributed by atoms with Crippen molar-refractivity contribution in [3.05, 3.63) is 24.3 Å². The zero-order valence-corrected chi connectivity index (χ0v) is 7.64. The van der Waals surface area contributed by atoms with E-state index in [-0.39, 0.29) is 6.04 Å². The molecule has 0 spiro atoms. The van der Waals surface area contributed by atoms with Gasteiger partial charge >= 0.3 is 0 Å². The molecule has 0 fully saturated rings. The minimum absolute atomic E-state index is 0.180. The Balaban J connectivity index is 3.78. The minimum atomic E-state index is 0.180. The molecule has 0 saturated carbocycles. The zero-order chi connectivity index (χ0) is 8.69. The zero-order valence-electron chi connectivity index (χ0n) is 7.64. The van der Waals surface area contributed by atoms with Gasteiger partial charge in [0.2, 0.25) is 0 Å². The van der Waals surface area contributed by atoms with Gasteiger partial charge in [0, 0.05) is 6.04 Å². The molecule has 0 aliphatic heterocycles. The summed E-state index contributed by atoms with van der Waals surface area (Å²) in [6.45, 7) is 7.91. The Morgan fingerprint density at radius 3 is 2.73 bits per heavy atom. The van der Waals surface area contributed by atoms with Crippen molar-refractivity contribution in [3.8, 4) is 0 Å². The summed E-state index contributed by atoms with van der Waals surface area (Å²) in [7, 11) is 0. The van der Waals surface area contributed by atoms with E-state index in [1.54, 1.807) is 0 Å². The van der Waals surface area contributed by atoms with Gasteiger partial charge < -0.3 is 5.73 Å². The quantitative estimate of drug-likeness (QED) is 0.604. The smallest absolute Gasteiger partial charge is 0.0285 e. The first-order valence-corrected chi connectivity index (χ1v) is 4.25. The van der Waals surface area contributed by atoms with Gasteiger partial charge in [-0.25, -0.2) is 0 Å². The molecule has 0 unspecified atom stereocenters. The summed E-state index contributed by atoms with van der Waals surface area (Å²) in [5.41, 5.74) is 7.11. The predicted molar refractivity (Wildman–Crippen MR) is 51.5 cm³/mol. The average Bonchev–Trinajstić information content (AvgIpc) is 2.00. The third-order valence-corrected chi connectivity index (χ3v) is 1.76. The molecule has 0 aliphatic carbocycles. The highest BCUT2D eigenvalue weighted by atomic mass is 14.6. The Hall–Kier alpha value is -0.560. The summed E-state index contributed by atoms with van der Waals surface area (Å²) in [4.78, 5) is 0. The van der Waals surface area contributed by atoms with Crippen LogP contribution >= 0.6 is 0 Å². The molecule has 2 N–H and O–H groups in total. The lowest BCUT2D eigenvalue weighted by atomic mass is 10.1. The van der Waals surface area contributed by atoms with Crippen LogP contribution in [0.4, 0.5) is 0 Å². The van der Waals surface area contributed by atoms with Gasteiger partial charge in [-0.05, 0) is 19.8 Å². The van der Waals surface area contributed by atoms with Gasteiger partial charge in [-0.2, -0.15) is 0 Å². The normalized spacial score (nSPS) is 14.6. The van der Waals surface area contributed by atoms with Crippen molar-refractivity contribution in [2.24, 2.45) is 5.73 Å². The van der Waals surface area contributed by atoms with Crippen LogP contribution < -0.4 is 5.73 Å². The summed E-state index contributed by atoms with van der Waals surface area (Å²) in [6, 6.07) is 0.180. The van der Waals surface area contributed by atoms with E-state index >= 15 is 0 Å². The maximum absolute atomic E-state index is 5.83. The molecule has 0 rings (SSSR count). The van der Waals surface area contributed by atoms with Gasteiger partial charge in [0.1, 0.15) is 0 Å². The number of hydrogen-bond acceptors (Lipinski definition) is 1. The van der Waals surface area contributed by atoms with E-state index in [1.807, 2.05) is 6.08 Å². The van der Waals surface area contributed by atoms with Crippen molar-refractivity contribution in [3.63, 3.8) is 0 Å². The molecule has 0 bridgehead atoms. The lowest BCUT2D eigenvalue weighted by Gasteiger charge is -2.08. The first-order valence-electron chi connectivity index (χ1n) is 4.25. The van der Waals surface area contributed by atoms with Crippen LogP contribution in [0.1, 0.15) is 33.1 Å². The molecule has 1 nitrogen and oxygen atoms in total. The van der Waals surface area contributed by atoms with Crippen LogP contribution in [-0.2, 0) is 0 Å². The molecule has 0 aromatic carbocycles. The number of rotatable bonds is 5. The van der Waals surface area contributed by atoms with E-state index in [9.17, 15) is 0 Å². The Bertz CT molecular complexity index is 136. The Morgan fingerprint density at radius 1 is 1.64 bits per heavy atom. The van der Waals surface area contributed by atoms with Crippen LogP contribution in [0.25, 0.3) is 0 Å². The van der Waals surface area contributed by atoms with Crippen LogP contribution in [0, 0.1) is 0 Å². The fourth-order valence-corrected chi connectivity index (χ4v) is 0.889. The first-order chi connectivity index (χ1) is 5.22. The van der Waals surface area contributed by atoms with Crippen LogP contribution in [-0.4, -0.2) is 6.04 Å². The van der Waals surface area contributed by atoms with Crippen LogP contribution in [0.2, 0.25) is 0 Å². The molecule has 1 atom stereocenters. The Labute approximate surface area is 70.0 Å². The third kappa shape index (κ3) is 4.79. The fraction of sp³-hybridized carbons (Fsp3) is 0.600. The van der Waals surface area contributed by atoms with E-state index < -0.39 is 0 Å². The van der Waals surface area contributed by atoms with Crippen molar-refractivity contribution >= 4 is 0 Å². The summed E-state index contributed by atoms with van der Waals surface area (Å²) in [5, 5.41) is 0. The number of hydrogen-bond donors (Lipinski definition) is 1. The highest BCUT2D eigenvalue weighted by Gasteiger charge is 1.99. The minimum Gasteiger partial charge on any atom is -0.324 e. The van der Waals surface area contributed by atoms with Gasteiger partial charge in [-0.1, -0.05) is 31.1 Å². The second-order valence-electron chi connectivity index (χ2n) is 2.87. The Morgan fingerprint density at radius 2 is 2.27 bits per heavy atom. The molecule has 0 radical (unpaired) electrons. The summed E-state index contributed by atoms with van der Waals surface area (Å²) in [5.74, 6) is 0. The molecule has 1 heteroatoms. The molecule has 0 saturated heterocycles. The SMILES string of the molecule is C=CC[C@H](N)/C(C)=C/CCC. The Kier molecular flexibility index (Phi) is 5.86. The molecular weight excluding hydrogens is 134 g/mol. The predicted octanol–water partition coefficient (Wildman–Crippen LogP) is 2.64. The van der Waals surface area contributed by atoms with Gasteiger partial charge in [-0.15, -0.1) is 6.58 Å². The van der Waals surface area contributed by atoms with Crippen LogP contribution in [0.3, 0.4) is 0 Å². The third-order valence-electron chi connectivity index (χ3n) is 1.76. The van der Waals surface area contributed by atoms with Gasteiger partial charge in [0.05, 0.1) is 0 Å². The van der Waals surface area contributed by atoms with E-state index in [2.05, 4.69) is 26.5 Å². The molecule has 64 valence electrons. The van der Waals surface area contributed by atoms with Crippen molar-refractivity contribution < 1.29 is 0 Å². The van der Waals surface area contributed by atoms with Crippen molar-refractivity contribution in [1.29, 1.82) is 0 Å². The summed E-state index contributed by atoms with van der Waals surface area (Å²) < 4.78 is 0. The highest BCUT2D eigenvalue weighted by Crippen LogP contribution is 2.05. The molecule has 11 heavy (non-hydrogen) atoms. The molecule has 0 heterocycles. The van der Waals surface area contributed by atoms with Gasteiger partial charge in [-0.3, -0.25) is 0 Å². The largest absolute Gasteiger partial charge is 0.324 e. The standard InChI is InChI=1S/C10H19N/c1-4-6-8-9(3)10(11)7-5-2/h5,8,10H,2,4,6-7,11H2,1,3H3/b9-8+/t10-/m0/s1. The maximum Gasteiger partial charge on any atom is 0.0285 e. The van der Waals surface area contributed by atoms with E-state index in [0.29, 0.717) is 0 Å². The molecule has 0 aliphatic rings. The van der Waals surface area contributed by atoms with Gasteiger partial charge in [0.15, 0.2) is 0 Å². The summed E-state index contributed by atoms with van der Waals surface area (Å²) in [6.07, 6.45) is 7.29. The maximum atomic E-state index is 5.83. The average molecular weight is 153 g/mol. The van der Waals surface area contributed by atoms with E-state index in [4.69, 9.17) is 5.73 Å². The van der Waals surface area contributed by atoms with E-state index in [1.165, 1.54) is 12.0 Å². The molecule has 0 aromatic heterocycles. The molecule has 0 aromatic rings. The highest BCUT2D eigenvalue weighted by molar-refractivity contribution is 5.08. The van der Waals surface area contributed by atoms with Crippen molar-refractivity contribution in [2.45, 2.75) is 39.2 Å².